The first-order valence-electron chi connectivity index (χ1n) is 9.46. The zero-order valence-corrected chi connectivity index (χ0v) is 19.5. The van der Waals surface area contributed by atoms with Crippen LogP contribution >= 0.6 is 35.6 Å². The van der Waals surface area contributed by atoms with Crippen LogP contribution in [0.3, 0.4) is 0 Å². The van der Waals surface area contributed by atoms with Gasteiger partial charge in [-0.2, -0.15) is 0 Å². The lowest BCUT2D eigenvalue weighted by molar-refractivity contribution is -0.384. The fraction of sp³-hybridized carbons (Fsp3) is 0.182. The van der Waals surface area contributed by atoms with Crippen LogP contribution in [0.1, 0.15) is 11.1 Å². The summed E-state index contributed by atoms with van der Waals surface area (Å²) in [5.74, 6) is 0.768. The largest absolute Gasteiger partial charge is 0.490 e. The molecule has 166 valence electrons. The number of amides is 1. The molecule has 0 radical (unpaired) electrons. The third-order valence-corrected chi connectivity index (χ3v) is 6.22. The Kier molecular flexibility index (Phi) is 7.89. The van der Waals surface area contributed by atoms with E-state index in [0.29, 0.717) is 37.9 Å². The minimum absolute atomic E-state index is 0.113. The first kappa shape index (κ1) is 23.8. The fourth-order valence-corrected chi connectivity index (χ4v) is 4.22. The van der Waals surface area contributed by atoms with Crippen LogP contribution in [-0.4, -0.2) is 39.8 Å². The molecule has 7 nitrogen and oxygen atoms in total. The number of nitro groups is 1. The molecule has 1 amide bonds. The van der Waals surface area contributed by atoms with Crippen LogP contribution < -0.4 is 9.47 Å². The molecule has 1 saturated heterocycles. The minimum atomic E-state index is -0.504. The van der Waals surface area contributed by atoms with E-state index < -0.39 is 4.92 Å². The molecule has 10 heteroatoms. The molecular weight excluding hydrogens is 472 g/mol. The number of thiocarbonyl (C=S) groups is 1. The van der Waals surface area contributed by atoms with Gasteiger partial charge in [-0.05, 0) is 42.8 Å². The van der Waals surface area contributed by atoms with E-state index in [4.69, 9.17) is 33.3 Å². The van der Waals surface area contributed by atoms with Gasteiger partial charge in [-0.3, -0.25) is 19.8 Å². The summed E-state index contributed by atoms with van der Waals surface area (Å²) in [4.78, 5) is 25.1. The smallest absolute Gasteiger partial charge is 0.270 e. The molecule has 0 atom stereocenters. The molecule has 1 heterocycles. The first-order valence-corrected chi connectivity index (χ1v) is 11.1. The van der Waals surface area contributed by atoms with Crippen molar-refractivity contribution >= 4 is 57.6 Å². The molecule has 1 aliphatic heterocycles. The number of carbonyl (C=O) groups is 1. The highest BCUT2D eigenvalue weighted by Gasteiger charge is 2.31. The Labute approximate surface area is 199 Å². The van der Waals surface area contributed by atoms with Crippen molar-refractivity contribution < 1.29 is 19.2 Å². The summed E-state index contributed by atoms with van der Waals surface area (Å²) in [6, 6.07) is 9.55. The number of carbonyl (C=O) groups excluding carboxylic acids is 1. The number of nitrogens with zero attached hydrogens (tertiary/aromatic N) is 2. The number of benzene rings is 2. The van der Waals surface area contributed by atoms with Crippen LogP contribution in [0.2, 0.25) is 5.02 Å². The lowest BCUT2D eigenvalue weighted by atomic mass is 10.1. The number of thioether (sulfide) groups is 1. The highest BCUT2D eigenvalue weighted by molar-refractivity contribution is 8.26. The molecule has 1 aliphatic rings. The average Bonchev–Trinajstić information content (AvgIpc) is 3.02. The number of hydrogen-bond acceptors (Lipinski definition) is 7. The van der Waals surface area contributed by atoms with Gasteiger partial charge in [0.05, 0.1) is 9.83 Å². The molecular formula is C22H19ClN2O5S2. The molecule has 32 heavy (non-hydrogen) atoms. The van der Waals surface area contributed by atoms with E-state index in [-0.39, 0.29) is 24.8 Å². The third kappa shape index (κ3) is 5.67. The molecule has 3 rings (SSSR count). The maximum absolute atomic E-state index is 12.6. The molecule has 1 fully saturated rings. The van der Waals surface area contributed by atoms with Crippen molar-refractivity contribution in [2.24, 2.45) is 0 Å². The molecule has 0 N–H and O–H groups in total. The Morgan fingerprint density at radius 1 is 1.25 bits per heavy atom. The fourth-order valence-electron chi connectivity index (χ4n) is 2.84. The van der Waals surface area contributed by atoms with Gasteiger partial charge in [0, 0.05) is 29.3 Å². The van der Waals surface area contributed by atoms with Crippen molar-refractivity contribution in [2.45, 2.75) is 6.92 Å². The van der Waals surface area contributed by atoms with E-state index in [1.54, 1.807) is 24.3 Å². The van der Waals surface area contributed by atoms with Crippen molar-refractivity contribution in [2.75, 3.05) is 19.8 Å². The Morgan fingerprint density at radius 3 is 2.69 bits per heavy atom. The topological polar surface area (TPSA) is 81.9 Å². The van der Waals surface area contributed by atoms with Crippen molar-refractivity contribution in [1.82, 2.24) is 4.90 Å². The van der Waals surface area contributed by atoms with Gasteiger partial charge in [-0.15, -0.1) is 6.58 Å². The molecule has 0 spiro atoms. The van der Waals surface area contributed by atoms with Crippen molar-refractivity contribution in [3.8, 4) is 11.5 Å². The summed E-state index contributed by atoms with van der Waals surface area (Å²) < 4.78 is 11.9. The number of halogens is 1. The second-order valence-electron chi connectivity index (χ2n) is 6.67. The summed E-state index contributed by atoms with van der Waals surface area (Å²) in [7, 11) is 0. The van der Waals surface area contributed by atoms with Crippen molar-refractivity contribution in [1.29, 1.82) is 0 Å². The van der Waals surface area contributed by atoms with Gasteiger partial charge >= 0.3 is 0 Å². The highest BCUT2D eigenvalue weighted by atomic mass is 35.5. The Hall–Kier alpha value is -2.88. The van der Waals surface area contributed by atoms with E-state index in [1.165, 1.54) is 23.1 Å². The van der Waals surface area contributed by atoms with Crippen LogP contribution in [-0.2, 0) is 4.79 Å². The number of ether oxygens (including phenoxy) is 2. The van der Waals surface area contributed by atoms with E-state index in [1.807, 2.05) is 13.0 Å². The summed E-state index contributed by atoms with van der Waals surface area (Å²) >= 11 is 12.4. The van der Waals surface area contributed by atoms with Crippen LogP contribution in [0.15, 0.2) is 54.0 Å². The second kappa shape index (κ2) is 10.6. The predicted octanol–water partition coefficient (Wildman–Crippen LogP) is 5.40. The van der Waals surface area contributed by atoms with Gasteiger partial charge in [0.15, 0.2) is 0 Å². The van der Waals surface area contributed by atoms with Crippen LogP contribution in [0.25, 0.3) is 6.08 Å². The van der Waals surface area contributed by atoms with E-state index in [9.17, 15) is 14.9 Å². The number of hydrogen-bond donors (Lipinski definition) is 0. The molecule has 2 aromatic rings. The lowest BCUT2D eigenvalue weighted by Crippen LogP contribution is -2.27. The first-order chi connectivity index (χ1) is 15.3. The van der Waals surface area contributed by atoms with Gasteiger partial charge in [0.2, 0.25) is 0 Å². The van der Waals surface area contributed by atoms with Gasteiger partial charge < -0.3 is 9.47 Å². The van der Waals surface area contributed by atoms with Gasteiger partial charge in [-0.1, -0.05) is 41.7 Å². The molecule has 0 bridgehead atoms. The van der Waals surface area contributed by atoms with E-state index in [2.05, 4.69) is 6.58 Å². The summed E-state index contributed by atoms with van der Waals surface area (Å²) in [5, 5.41) is 11.9. The maximum atomic E-state index is 12.6. The normalized spacial score (nSPS) is 14.7. The Morgan fingerprint density at radius 2 is 2.00 bits per heavy atom. The summed E-state index contributed by atoms with van der Waals surface area (Å²) in [6.45, 7) is 6.24. The van der Waals surface area contributed by atoms with Crippen LogP contribution in [0.5, 0.6) is 11.5 Å². The van der Waals surface area contributed by atoms with Crippen LogP contribution in [0.4, 0.5) is 5.69 Å². The van der Waals surface area contributed by atoms with Gasteiger partial charge in [0.25, 0.3) is 11.6 Å². The van der Waals surface area contributed by atoms with Gasteiger partial charge in [0.1, 0.15) is 29.0 Å². The number of non-ortho nitro benzene ring substituents is 1. The van der Waals surface area contributed by atoms with E-state index >= 15 is 0 Å². The zero-order chi connectivity index (χ0) is 23.3. The van der Waals surface area contributed by atoms with E-state index in [0.717, 1.165) is 17.3 Å². The standard InChI is InChI=1S/C22H19ClN2O5S2/c1-3-8-24-21(26)20(32-22(24)31)13-15-12-16(25(27)28)4-7-19(15)30-10-9-29-17-5-6-18(23)14(2)11-17/h3-7,11-13H,1,8-10H2,2H3. The molecule has 0 aliphatic carbocycles. The van der Waals surface area contributed by atoms with Crippen molar-refractivity contribution in [3.05, 3.63) is 80.2 Å². The number of aryl methyl sites for hydroxylation is 1. The predicted molar refractivity (Wildman–Crippen MR) is 130 cm³/mol. The van der Waals surface area contributed by atoms with Crippen molar-refractivity contribution in [3.63, 3.8) is 0 Å². The number of nitro benzene ring substituents is 1. The minimum Gasteiger partial charge on any atom is -0.490 e. The summed E-state index contributed by atoms with van der Waals surface area (Å²) in [6.07, 6.45) is 3.13. The Bertz CT molecular complexity index is 1120. The van der Waals surface area contributed by atoms with Crippen LogP contribution in [0, 0.1) is 17.0 Å². The average molecular weight is 491 g/mol. The Balaban J connectivity index is 1.75. The lowest BCUT2D eigenvalue weighted by Gasteiger charge is -2.12. The SMILES string of the molecule is C=CCN1C(=O)C(=Cc2cc([N+](=O)[O-])ccc2OCCOc2ccc(Cl)c(C)c2)SC1=S. The third-order valence-electron chi connectivity index (χ3n) is 4.42. The molecule has 2 aromatic carbocycles. The second-order valence-corrected chi connectivity index (χ2v) is 8.75. The number of rotatable bonds is 9. The molecule has 0 saturated carbocycles. The molecule has 0 aromatic heterocycles. The summed E-state index contributed by atoms with van der Waals surface area (Å²) in [5.41, 5.74) is 1.19. The monoisotopic (exact) mass is 490 g/mol. The van der Waals surface area contributed by atoms with Gasteiger partial charge in [-0.25, -0.2) is 0 Å². The maximum Gasteiger partial charge on any atom is 0.270 e. The quantitative estimate of drug-likeness (QED) is 0.116. The molecule has 0 unspecified atom stereocenters. The zero-order valence-electron chi connectivity index (χ0n) is 17.1. The highest BCUT2D eigenvalue weighted by Crippen LogP contribution is 2.35.